The monoisotopic (exact) mass is 663 g/mol. The maximum atomic E-state index is 14.3. The molecule has 3 rings (SSSR count). The van der Waals surface area contributed by atoms with Gasteiger partial charge in [-0.2, -0.15) is 0 Å². The highest BCUT2D eigenvalue weighted by Gasteiger charge is 2.46. The predicted octanol–water partition coefficient (Wildman–Crippen LogP) is 2.63. The molecule has 0 saturated carbocycles. The van der Waals surface area contributed by atoms with Crippen molar-refractivity contribution in [1.29, 1.82) is 0 Å². The van der Waals surface area contributed by atoms with Gasteiger partial charge >= 0.3 is 0 Å². The summed E-state index contributed by atoms with van der Waals surface area (Å²) < 4.78 is 0. The zero-order valence-electron chi connectivity index (χ0n) is 28.7. The molecule has 13 nitrogen and oxygen atoms in total. The van der Waals surface area contributed by atoms with E-state index in [9.17, 15) is 28.8 Å². The van der Waals surface area contributed by atoms with Crippen LogP contribution in [0.1, 0.15) is 102 Å². The number of amides is 5. The average molecular weight is 664 g/mol. The molecule has 5 atom stereocenters. The first kappa shape index (κ1) is 37.8. The number of benzene rings is 1. The molecule has 1 aliphatic heterocycles. The van der Waals surface area contributed by atoms with Crippen LogP contribution >= 0.6 is 0 Å². The molecule has 1 aromatic carbocycles. The summed E-state index contributed by atoms with van der Waals surface area (Å²) in [7, 11) is 0. The van der Waals surface area contributed by atoms with Gasteiger partial charge in [0.2, 0.25) is 23.5 Å². The lowest BCUT2D eigenvalue weighted by Crippen LogP contribution is -2.61. The molecular weight excluding hydrogens is 614 g/mol. The molecule has 1 saturated heterocycles. The molecule has 2 aromatic rings. The Labute approximate surface area is 282 Å². The van der Waals surface area contributed by atoms with E-state index in [4.69, 9.17) is 0 Å². The summed E-state index contributed by atoms with van der Waals surface area (Å²) in [6.07, 6.45) is 7.19. The van der Waals surface area contributed by atoms with E-state index < -0.39 is 71.4 Å². The molecule has 0 aliphatic carbocycles. The van der Waals surface area contributed by atoms with Gasteiger partial charge in [0, 0.05) is 18.4 Å². The van der Waals surface area contributed by atoms with Gasteiger partial charge in [-0.05, 0) is 43.6 Å². The lowest BCUT2D eigenvalue weighted by atomic mass is 9.85. The Kier molecular flexibility index (Phi) is 13.7. The van der Waals surface area contributed by atoms with Crippen molar-refractivity contribution in [2.75, 3.05) is 6.54 Å². The van der Waals surface area contributed by atoms with E-state index in [1.165, 1.54) is 23.5 Å². The molecule has 1 unspecified atom stereocenters. The summed E-state index contributed by atoms with van der Waals surface area (Å²) in [6, 6.07) is 5.59. The zero-order chi connectivity index (χ0) is 35.4. The topological polar surface area (TPSA) is 180 Å². The van der Waals surface area contributed by atoms with E-state index in [0.29, 0.717) is 25.7 Å². The Morgan fingerprint density at radius 3 is 2.25 bits per heavy atom. The van der Waals surface area contributed by atoms with Gasteiger partial charge in [-0.1, -0.05) is 77.8 Å². The van der Waals surface area contributed by atoms with Crippen molar-refractivity contribution in [3.05, 3.63) is 60.2 Å². The van der Waals surface area contributed by atoms with Crippen LogP contribution < -0.4 is 21.3 Å². The van der Waals surface area contributed by atoms with Crippen LogP contribution in [0.25, 0.3) is 0 Å². The van der Waals surface area contributed by atoms with Gasteiger partial charge in [-0.25, -0.2) is 4.98 Å². The van der Waals surface area contributed by atoms with Crippen molar-refractivity contribution in [2.45, 2.75) is 110 Å². The predicted molar refractivity (Wildman–Crippen MR) is 179 cm³/mol. The third-order valence-corrected chi connectivity index (χ3v) is 8.39. The zero-order valence-corrected chi connectivity index (χ0v) is 28.7. The quantitative estimate of drug-likeness (QED) is 0.210. The normalized spacial score (nSPS) is 17.8. The second kappa shape index (κ2) is 17.5. The van der Waals surface area contributed by atoms with Gasteiger partial charge in [0.1, 0.15) is 17.8 Å². The van der Waals surface area contributed by atoms with Crippen molar-refractivity contribution in [3.63, 3.8) is 0 Å². The molecule has 0 bridgehead atoms. The van der Waals surface area contributed by atoms with Gasteiger partial charge in [-0.3, -0.25) is 33.8 Å². The third-order valence-electron chi connectivity index (χ3n) is 8.39. The Balaban J connectivity index is 1.75. The van der Waals surface area contributed by atoms with Crippen molar-refractivity contribution < 1.29 is 28.8 Å². The summed E-state index contributed by atoms with van der Waals surface area (Å²) in [5, 5.41) is 10.8. The van der Waals surface area contributed by atoms with E-state index in [1.54, 1.807) is 27.7 Å². The van der Waals surface area contributed by atoms with Crippen molar-refractivity contribution in [2.24, 2.45) is 5.41 Å². The van der Waals surface area contributed by atoms with Crippen LogP contribution in [0.3, 0.4) is 0 Å². The van der Waals surface area contributed by atoms with Crippen LogP contribution in [0.4, 0.5) is 0 Å². The summed E-state index contributed by atoms with van der Waals surface area (Å²) in [5.74, 6) is -3.67. The van der Waals surface area contributed by atoms with E-state index in [0.717, 1.165) is 12.0 Å². The lowest BCUT2D eigenvalue weighted by Gasteiger charge is -2.38. The van der Waals surface area contributed by atoms with Gasteiger partial charge in [-0.15, -0.1) is 0 Å². The van der Waals surface area contributed by atoms with Gasteiger partial charge in [0.05, 0.1) is 24.8 Å². The Morgan fingerprint density at radius 2 is 1.65 bits per heavy atom. The van der Waals surface area contributed by atoms with Crippen molar-refractivity contribution >= 4 is 35.3 Å². The molecule has 1 aromatic heterocycles. The van der Waals surface area contributed by atoms with Crippen LogP contribution in [0, 0.1) is 5.41 Å². The highest BCUT2D eigenvalue weighted by atomic mass is 16.2. The number of nitrogens with zero attached hydrogens (tertiary/aromatic N) is 3. The standard InChI is InChI=1S/C35H49N7O6/c1-7-12-24-16-17-27(32(46)40-25(13-8-2)29(44)33(47)39-22(3)23-14-10-9-11-15-23)42(24)34(48)30(35(4,5)6)41-28(43)21-38-31(45)26-20-36-18-19-37-26/h9-11,14-15,18-20,22,24-25,27,30H,7-8,12-13,16-17,21H2,1-6H3,(H,38,45)(H,39,47)(H,40,46)(H,41,43)/t22-,24-,25?,27-,30+/m0/s1. The fraction of sp³-hybridized carbons (Fsp3) is 0.543. The van der Waals surface area contributed by atoms with Crippen molar-refractivity contribution in [3.8, 4) is 0 Å². The highest BCUT2D eigenvalue weighted by Crippen LogP contribution is 2.32. The number of likely N-dealkylation sites (tertiary alicyclic amines) is 1. The number of ketones is 1. The van der Waals surface area contributed by atoms with Crippen LogP contribution in [0.5, 0.6) is 0 Å². The maximum Gasteiger partial charge on any atom is 0.290 e. The molecule has 1 fully saturated rings. The van der Waals surface area contributed by atoms with Gasteiger partial charge < -0.3 is 26.2 Å². The minimum atomic E-state index is -1.07. The number of hydrogen-bond donors (Lipinski definition) is 4. The van der Waals surface area contributed by atoms with E-state index >= 15 is 0 Å². The first-order chi connectivity index (χ1) is 22.8. The number of nitrogens with one attached hydrogen (secondary N) is 4. The third kappa shape index (κ3) is 10.2. The molecule has 4 N–H and O–H groups in total. The number of carbonyl (C=O) groups excluding carboxylic acids is 6. The Morgan fingerprint density at radius 1 is 0.938 bits per heavy atom. The molecule has 5 amide bonds. The molecule has 48 heavy (non-hydrogen) atoms. The first-order valence-corrected chi connectivity index (χ1v) is 16.6. The summed E-state index contributed by atoms with van der Waals surface area (Å²) in [6.45, 7) is 10.6. The van der Waals surface area contributed by atoms with Crippen LogP contribution in [-0.2, 0) is 24.0 Å². The number of carbonyl (C=O) groups is 6. The number of aromatic nitrogens is 2. The Bertz CT molecular complexity index is 1430. The SMILES string of the molecule is CCCC(NC(=O)[C@@H]1CC[C@H](CCC)N1C(=O)[C@@H](NC(=O)CNC(=O)c1cnccn1)C(C)(C)C)C(=O)C(=O)N[C@@H](C)c1ccccc1. The average Bonchev–Trinajstić information content (AvgIpc) is 3.49. The van der Waals surface area contributed by atoms with Gasteiger partial charge in [0.15, 0.2) is 0 Å². The molecule has 260 valence electrons. The minimum absolute atomic E-state index is 0.0464. The molecule has 0 radical (unpaired) electrons. The van der Waals surface area contributed by atoms with Crippen LogP contribution in [-0.4, -0.2) is 80.9 Å². The fourth-order valence-corrected chi connectivity index (χ4v) is 5.84. The van der Waals surface area contributed by atoms with E-state index in [-0.39, 0.29) is 18.2 Å². The summed E-state index contributed by atoms with van der Waals surface area (Å²) in [4.78, 5) is 89.1. The second-order valence-corrected chi connectivity index (χ2v) is 13.2. The van der Waals surface area contributed by atoms with E-state index in [1.807, 2.05) is 44.2 Å². The molecule has 13 heteroatoms. The smallest absolute Gasteiger partial charge is 0.290 e. The van der Waals surface area contributed by atoms with Crippen LogP contribution in [0.2, 0.25) is 0 Å². The number of Topliss-reactive ketones (excluding diaryl/α,β-unsaturated/α-hetero) is 1. The van der Waals surface area contributed by atoms with Gasteiger partial charge in [0.25, 0.3) is 11.8 Å². The molecule has 2 heterocycles. The molecular formula is C35H49N7O6. The largest absolute Gasteiger partial charge is 0.344 e. The Hall–Kier alpha value is -4.68. The second-order valence-electron chi connectivity index (χ2n) is 13.2. The summed E-state index contributed by atoms with van der Waals surface area (Å²) >= 11 is 0. The highest BCUT2D eigenvalue weighted by molar-refractivity contribution is 6.38. The number of hydrogen-bond acceptors (Lipinski definition) is 8. The maximum absolute atomic E-state index is 14.3. The molecule has 1 aliphatic rings. The first-order valence-electron chi connectivity index (χ1n) is 16.6. The fourth-order valence-electron chi connectivity index (χ4n) is 5.84. The summed E-state index contributed by atoms with van der Waals surface area (Å²) in [5.41, 5.74) is 0.131. The van der Waals surface area contributed by atoms with Crippen LogP contribution in [0.15, 0.2) is 48.9 Å². The minimum Gasteiger partial charge on any atom is -0.344 e. The molecule has 0 spiro atoms. The number of rotatable bonds is 15. The van der Waals surface area contributed by atoms with Crippen molar-refractivity contribution in [1.82, 2.24) is 36.1 Å². The lowest BCUT2D eigenvalue weighted by molar-refractivity contribution is -0.147. The van der Waals surface area contributed by atoms with E-state index in [2.05, 4.69) is 31.2 Å².